The van der Waals surface area contributed by atoms with Crippen LogP contribution in [0.5, 0.6) is 5.75 Å². The maximum Gasteiger partial charge on any atom is 0.340 e. The first-order valence-electron chi connectivity index (χ1n) is 3.62. The summed E-state index contributed by atoms with van der Waals surface area (Å²) in [5.74, 6) is -2.77. The Labute approximate surface area is 82.2 Å². The summed E-state index contributed by atoms with van der Waals surface area (Å²) < 4.78 is 24.6. The van der Waals surface area contributed by atoms with Gasteiger partial charge in [0.1, 0.15) is 11.6 Å². The van der Waals surface area contributed by atoms with Crippen molar-refractivity contribution in [2.45, 2.75) is 6.43 Å². The van der Waals surface area contributed by atoms with Gasteiger partial charge in [-0.1, -0.05) is 0 Å². The second kappa shape index (κ2) is 3.88. The predicted molar refractivity (Wildman–Crippen MR) is 42.5 cm³/mol. The third-order valence-corrected chi connectivity index (χ3v) is 1.64. The number of alkyl halides is 2. The maximum atomic E-state index is 12.3. The normalized spacial score (nSPS) is 10.0. The molecular weight excluding hydrogens is 210 g/mol. The third-order valence-electron chi connectivity index (χ3n) is 1.64. The van der Waals surface area contributed by atoms with E-state index in [9.17, 15) is 18.7 Å². The van der Waals surface area contributed by atoms with Gasteiger partial charge in [-0.15, -0.1) is 0 Å². The fourth-order valence-electron chi connectivity index (χ4n) is 0.987. The number of carboxylic acid groups (broad SMARTS) is 1. The van der Waals surface area contributed by atoms with E-state index in [4.69, 9.17) is 10.4 Å². The molecule has 0 radical (unpaired) electrons. The summed E-state index contributed by atoms with van der Waals surface area (Å²) in [6.07, 6.45) is -2.52. The van der Waals surface area contributed by atoms with E-state index in [0.29, 0.717) is 6.20 Å². The molecule has 78 valence electrons. The molecule has 15 heavy (non-hydrogen) atoms. The van der Waals surface area contributed by atoms with Gasteiger partial charge in [0, 0.05) is 6.20 Å². The standard InChI is InChI=1S/C8H4F2N2O3/c9-7(10)3-2-12-4(1-11)6(13)5(3)8(14)15/h2,7,13H,(H,14,15). The van der Waals surface area contributed by atoms with Crippen LogP contribution in [0.15, 0.2) is 6.20 Å². The highest BCUT2D eigenvalue weighted by Gasteiger charge is 2.24. The van der Waals surface area contributed by atoms with Crippen molar-refractivity contribution in [2.24, 2.45) is 0 Å². The summed E-state index contributed by atoms with van der Waals surface area (Å²) in [4.78, 5) is 13.8. The lowest BCUT2D eigenvalue weighted by Gasteiger charge is -2.06. The molecule has 1 heterocycles. The Morgan fingerprint density at radius 1 is 1.60 bits per heavy atom. The van der Waals surface area contributed by atoms with Crippen LogP contribution in [0.25, 0.3) is 0 Å². The number of hydrogen-bond donors (Lipinski definition) is 2. The molecule has 0 spiro atoms. The lowest BCUT2D eigenvalue weighted by Crippen LogP contribution is -2.06. The summed E-state index contributed by atoms with van der Waals surface area (Å²) in [6, 6.07) is 1.39. The zero-order chi connectivity index (χ0) is 11.6. The molecule has 0 saturated heterocycles. The van der Waals surface area contributed by atoms with Crippen LogP contribution in [0.2, 0.25) is 0 Å². The van der Waals surface area contributed by atoms with Crippen LogP contribution < -0.4 is 0 Å². The SMILES string of the molecule is N#Cc1ncc(C(F)F)c(C(=O)O)c1O. The molecule has 2 N–H and O–H groups in total. The van der Waals surface area contributed by atoms with Crippen LogP contribution in [-0.4, -0.2) is 21.2 Å². The van der Waals surface area contributed by atoms with Gasteiger partial charge in [0.2, 0.25) is 0 Å². The fourth-order valence-corrected chi connectivity index (χ4v) is 0.987. The Kier molecular flexibility index (Phi) is 2.80. The lowest BCUT2D eigenvalue weighted by molar-refractivity contribution is 0.0680. The second-order valence-electron chi connectivity index (χ2n) is 2.50. The highest BCUT2D eigenvalue weighted by atomic mass is 19.3. The number of rotatable bonds is 2. The van der Waals surface area contributed by atoms with E-state index in [1.54, 1.807) is 0 Å². The summed E-state index contributed by atoms with van der Waals surface area (Å²) in [7, 11) is 0. The first kappa shape index (κ1) is 10.8. The molecule has 0 unspecified atom stereocenters. The molecule has 0 atom stereocenters. The number of aromatic carboxylic acids is 1. The van der Waals surface area contributed by atoms with E-state index in [-0.39, 0.29) is 0 Å². The number of nitriles is 1. The first-order valence-corrected chi connectivity index (χ1v) is 3.62. The van der Waals surface area contributed by atoms with Gasteiger partial charge in [-0.25, -0.2) is 18.6 Å². The summed E-state index contributed by atoms with van der Waals surface area (Å²) in [5, 5.41) is 26.2. The highest BCUT2D eigenvalue weighted by Crippen LogP contribution is 2.30. The number of carbonyl (C=O) groups is 1. The number of halogens is 2. The summed E-state index contributed by atoms with van der Waals surface area (Å²) in [5.41, 5.74) is -2.51. The molecule has 0 bridgehead atoms. The minimum absolute atomic E-state index is 0.562. The van der Waals surface area contributed by atoms with E-state index in [2.05, 4.69) is 4.98 Å². The number of aromatic nitrogens is 1. The fraction of sp³-hybridized carbons (Fsp3) is 0.125. The molecule has 0 aliphatic carbocycles. The van der Waals surface area contributed by atoms with Crippen LogP contribution in [0.1, 0.15) is 28.0 Å². The van der Waals surface area contributed by atoms with Crippen LogP contribution in [-0.2, 0) is 0 Å². The largest absolute Gasteiger partial charge is 0.504 e. The number of aromatic hydroxyl groups is 1. The molecule has 0 aliphatic heterocycles. The van der Waals surface area contributed by atoms with Crippen molar-refractivity contribution in [3.05, 3.63) is 23.0 Å². The molecule has 7 heteroatoms. The predicted octanol–water partition coefficient (Wildman–Crippen LogP) is 1.29. The molecule has 0 aromatic carbocycles. The maximum absolute atomic E-state index is 12.3. The molecule has 5 nitrogen and oxygen atoms in total. The highest BCUT2D eigenvalue weighted by molar-refractivity contribution is 5.93. The van der Waals surface area contributed by atoms with Crippen molar-refractivity contribution in [3.63, 3.8) is 0 Å². The monoisotopic (exact) mass is 214 g/mol. The van der Waals surface area contributed by atoms with E-state index in [1.807, 2.05) is 0 Å². The molecule has 1 aromatic rings. The van der Waals surface area contributed by atoms with Crippen LogP contribution in [0.3, 0.4) is 0 Å². The molecule has 1 aromatic heterocycles. The van der Waals surface area contributed by atoms with Gasteiger partial charge in [0.05, 0.1) is 5.56 Å². The van der Waals surface area contributed by atoms with Crippen molar-refractivity contribution in [1.82, 2.24) is 4.98 Å². The topological polar surface area (TPSA) is 94.2 Å². The van der Waals surface area contributed by atoms with Crippen LogP contribution in [0, 0.1) is 11.3 Å². The zero-order valence-electron chi connectivity index (χ0n) is 7.11. The van der Waals surface area contributed by atoms with Crippen molar-refractivity contribution >= 4 is 5.97 Å². The molecule has 1 rings (SSSR count). The van der Waals surface area contributed by atoms with Crippen molar-refractivity contribution < 1.29 is 23.8 Å². The number of carboxylic acids is 1. The Hall–Kier alpha value is -2.23. The van der Waals surface area contributed by atoms with E-state index in [1.165, 1.54) is 6.07 Å². The molecule has 0 saturated carbocycles. The van der Waals surface area contributed by atoms with Gasteiger partial charge in [-0.2, -0.15) is 5.26 Å². The smallest absolute Gasteiger partial charge is 0.340 e. The number of hydrogen-bond acceptors (Lipinski definition) is 4. The van der Waals surface area contributed by atoms with Gasteiger partial charge in [0.25, 0.3) is 6.43 Å². The van der Waals surface area contributed by atoms with Crippen molar-refractivity contribution in [3.8, 4) is 11.8 Å². The summed E-state index contributed by atoms with van der Waals surface area (Å²) in [6.45, 7) is 0. The number of nitrogens with zero attached hydrogens (tertiary/aromatic N) is 2. The van der Waals surface area contributed by atoms with Gasteiger partial charge in [-0.05, 0) is 0 Å². The average Bonchev–Trinajstić information content (AvgIpc) is 2.16. The third kappa shape index (κ3) is 1.83. The van der Waals surface area contributed by atoms with Crippen LogP contribution >= 0.6 is 0 Å². The molecule has 0 fully saturated rings. The van der Waals surface area contributed by atoms with Gasteiger partial charge < -0.3 is 10.2 Å². The minimum atomic E-state index is -3.08. The van der Waals surface area contributed by atoms with Gasteiger partial charge in [0.15, 0.2) is 11.4 Å². The Morgan fingerprint density at radius 3 is 2.60 bits per heavy atom. The Morgan fingerprint density at radius 2 is 2.20 bits per heavy atom. The van der Waals surface area contributed by atoms with E-state index >= 15 is 0 Å². The zero-order valence-corrected chi connectivity index (χ0v) is 7.11. The Balaban J connectivity index is 3.53. The minimum Gasteiger partial charge on any atom is -0.504 e. The first-order chi connectivity index (χ1) is 6.99. The Bertz CT molecular complexity index is 454. The lowest BCUT2D eigenvalue weighted by atomic mass is 10.1. The second-order valence-corrected chi connectivity index (χ2v) is 2.50. The molecular formula is C8H4F2N2O3. The number of pyridine rings is 1. The average molecular weight is 214 g/mol. The van der Waals surface area contributed by atoms with Crippen molar-refractivity contribution in [1.29, 1.82) is 5.26 Å². The van der Waals surface area contributed by atoms with Crippen LogP contribution in [0.4, 0.5) is 8.78 Å². The quantitative estimate of drug-likeness (QED) is 0.773. The molecule has 0 amide bonds. The summed E-state index contributed by atoms with van der Waals surface area (Å²) >= 11 is 0. The van der Waals surface area contributed by atoms with Gasteiger partial charge in [-0.3, -0.25) is 0 Å². The molecule has 0 aliphatic rings. The van der Waals surface area contributed by atoms with E-state index in [0.717, 1.165) is 0 Å². The van der Waals surface area contributed by atoms with Crippen molar-refractivity contribution in [2.75, 3.05) is 0 Å². The van der Waals surface area contributed by atoms with Gasteiger partial charge >= 0.3 is 5.97 Å². The van der Waals surface area contributed by atoms with E-state index < -0.39 is 35.0 Å².